The molecule has 92 valence electrons. The lowest BCUT2D eigenvalue weighted by molar-refractivity contribution is -0.142. The topological polar surface area (TPSA) is 49.3 Å². The van der Waals surface area contributed by atoms with E-state index < -0.39 is 11.5 Å². The van der Waals surface area contributed by atoms with Gasteiger partial charge in [-0.15, -0.1) is 0 Å². The molecule has 1 atom stereocenters. The zero-order valence-corrected chi connectivity index (χ0v) is 10.6. The molecule has 1 aromatic rings. The third kappa shape index (κ3) is 2.28. The summed E-state index contributed by atoms with van der Waals surface area (Å²) < 4.78 is 0. The first kappa shape index (κ1) is 12.0. The predicted molar refractivity (Wildman–Crippen MR) is 68.3 cm³/mol. The first-order valence-corrected chi connectivity index (χ1v) is 6.02. The molecule has 0 aromatic heterocycles. The summed E-state index contributed by atoms with van der Waals surface area (Å²) in [6.07, 6.45) is 2.00. The lowest BCUT2D eigenvalue weighted by atomic mass is 9.94. The summed E-state index contributed by atoms with van der Waals surface area (Å²) in [5, 5.41) is 12.6. The zero-order chi connectivity index (χ0) is 12.6. The quantitative estimate of drug-likeness (QED) is 0.840. The fourth-order valence-corrected chi connectivity index (χ4v) is 2.14. The number of carbonyl (C=O) groups is 1. The number of hydrogen-bond acceptors (Lipinski definition) is 2. The van der Waals surface area contributed by atoms with Gasteiger partial charge in [0.25, 0.3) is 0 Å². The van der Waals surface area contributed by atoms with E-state index in [1.807, 2.05) is 32.0 Å². The number of carboxylic acids is 1. The van der Waals surface area contributed by atoms with Gasteiger partial charge in [-0.1, -0.05) is 12.1 Å². The highest BCUT2D eigenvalue weighted by Crippen LogP contribution is 2.42. The molecule has 0 radical (unpaired) electrons. The van der Waals surface area contributed by atoms with Crippen molar-refractivity contribution < 1.29 is 9.90 Å². The Morgan fingerprint density at radius 1 is 1.41 bits per heavy atom. The molecule has 1 fully saturated rings. The maximum Gasteiger partial charge on any atom is 0.329 e. The molecule has 1 aliphatic carbocycles. The minimum absolute atomic E-state index is 0.250. The van der Waals surface area contributed by atoms with Gasteiger partial charge in [0, 0.05) is 5.69 Å². The molecule has 3 heteroatoms. The highest BCUT2D eigenvalue weighted by Gasteiger charge is 2.47. The van der Waals surface area contributed by atoms with Gasteiger partial charge in [0.1, 0.15) is 5.54 Å². The van der Waals surface area contributed by atoms with Crippen LogP contribution in [-0.4, -0.2) is 16.6 Å². The Balaban J connectivity index is 2.29. The van der Waals surface area contributed by atoms with Crippen molar-refractivity contribution in [3.63, 3.8) is 0 Å². The Labute approximate surface area is 102 Å². The Morgan fingerprint density at radius 3 is 2.59 bits per heavy atom. The molecule has 1 aromatic carbocycles. The van der Waals surface area contributed by atoms with Crippen molar-refractivity contribution in [1.82, 2.24) is 0 Å². The van der Waals surface area contributed by atoms with E-state index >= 15 is 0 Å². The minimum atomic E-state index is -0.835. The van der Waals surface area contributed by atoms with Crippen molar-refractivity contribution in [2.45, 2.75) is 39.2 Å². The molecule has 0 amide bonds. The number of nitrogens with one attached hydrogen (secondary N) is 1. The van der Waals surface area contributed by atoms with E-state index in [2.05, 4.69) is 5.32 Å². The van der Waals surface area contributed by atoms with Crippen LogP contribution in [0, 0.1) is 19.8 Å². The molecule has 0 spiro atoms. The lowest BCUT2D eigenvalue weighted by Gasteiger charge is -2.28. The molecular weight excluding hydrogens is 214 g/mol. The van der Waals surface area contributed by atoms with Gasteiger partial charge >= 0.3 is 5.97 Å². The van der Waals surface area contributed by atoms with Gasteiger partial charge in [-0.2, -0.15) is 0 Å². The fourth-order valence-electron chi connectivity index (χ4n) is 2.14. The molecule has 2 N–H and O–H groups in total. The van der Waals surface area contributed by atoms with Crippen molar-refractivity contribution in [2.24, 2.45) is 5.92 Å². The summed E-state index contributed by atoms with van der Waals surface area (Å²) in [5.41, 5.74) is 2.32. The number of benzene rings is 1. The predicted octanol–water partition coefficient (Wildman–Crippen LogP) is 2.97. The highest BCUT2D eigenvalue weighted by molar-refractivity contribution is 5.83. The van der Waals surface area contributed by atoms with E-state index in [9.17, 15) is 9.90 Å². The van der Waals surface area contributed by atoms with Gasteiger partial charge in [-0.3, -0.25) is 0 Å². The van der Waals surface area contributed by atoms with E-state index in [-0.39, 0.29) is 5.92 Å². The van der Waals surface area contributed by atoms with Crippen LogP contribution in [-0.2, 0) is 4.79 Å². The molecule has 3 nitrogen and oxygen atoms in total. The van der Waals surface area contributed by atoms with Gasteiger partial charge < -0.3 is 10.4 Å². The molecule has 17 heavy (non-hydrogen) atoms. The van der Waals surface area contributed by atoms with Crippen LogP contribution < -0.4 is 5.32 Å². The van der Waals surface area contributed by atoms with Gasteiger partial charge in [0.2, 0.25) is 0 Å². The van der Waals surface area contributed by atoms with Crippen molar-refractivity contribution >= 4 is 11.7 Å². The van der Waals surface area contributed by atoms with Crippen LogP contribution >= 0.6 is 0 Å². The SMILES string of the molecule is Cc1ccc(C)c(NC(C)(C(=O)O)C2CC2)c1. The number of carboxylic acid groups (broad SMARTS) is 1. The van der Waals surface area contributed by atoms with Crippen molar-refractivity contribution in [3.05, 3.63) is 29.3 Å². The summed E-state index contributed by atoms with van der Waals surface area (Å²) in [7, 11) is 0. The normalized spacial score (nSPS) is 18.5. The average molecular weight is 233 g/mol. The third-order valence-corrected chi connectivity index (χ3v) is 3.63. The third-order valence-electron chi connectivity index (χ3n) is 3.63. The van der Waals surface area contributed by atoms with Crippen LogP contribution in [0.2, 0.25) is 0 Å². The second kappa shape index (κ2) is 4.06. The van der Waals surface area contributed by atoms with Crippen LogP contribution in [0.5, 0.6) is 0 Å². The summed E-state index contributed by atoms with van der Waals surface area (Å²) >= 11 is 0. The van der Waals surface area contributed by atoms with Crippen LogP contribution in [0.15, 0.2) is 18.2 Å². The van der Waals surface area contributed by atoms with E-state index in [1.54, 1.807) is 6.92 Å². The molecule has 1 unspecified atom stereocenters. The van der Waals surface area contributed by atoms with Crippen molar-refractivity contribution in [2.75, 3.05) is 5.32 Å². The molecule has 0 aliphatic heterocycles. The molecule has 0 heterocycles. The monoisotopic (exact) mass is 233 g/mol. The summed E-state index contributed by atoms with van der Waals surface area (Å²) in [6, 6.07) is 6.07. The summed E-state index contributed by atoms with van der Waals surface area (Å²) in [6.45, 7) is 5.80. The molecule has 0 bridgehead atoms. The second-order valence-corrected chi connectivity index (χ2v) is 5.23. The number of rotatable bonds is 4. The van der Waals surface area contributed by atoms with Crippen LogP contribution in [0.3, 0.4) is 0 Å². The lowest BCUT2D eigenvalue weighted by Crippen LogP contribution is -2.45. The Bertz CT molecular complexity index is 452. The van der Waals surface area contributed by atoms with E-state index in [0.717, 1.165) is 29.7 Å². The molecule has 0 saturated heterocycles. The largest absolute Gasteiger partial charge is 0.480 e. The summed E-state index contributed by atoms with van der Waals surface area (Å²) in [5.74, 6) is -0.513. The smallest absolute Gasteiger partial charge is 0.329 e. The van der Waals surface area contributed by atoms with E-state index in [4.69, 9.17) is 0 Å². The number of aryl methyl sites for hydroxylation is 2. The van der Waals surface area contributed by atoms with Gasteiger partial charge in [-0.25, -0.2) is 4.79 Å². The number of anilines is 1. The van der Waals surface area contributed by atoms with Gasteiger partial charge in [0.05, 0.1) is 0 Å². The number of hydrogen-bond donors (Lipinski definition) is 2. The average Bonchev–Trinajstić information content (AvgIpc) is 3.06. The summed E-state index contributed by atoms with van der Waals surface area (Å²) in [4.78, 5) is 11.4. The van der Waals surface area contributed by atoms with Crippen molar-refractivity contribution in [3.8, 4) is 0 Å². The Morgan fingerprint density at radius 2 is 2.06 bits per heavy atom. The first-order valence-electron chi connectivity index (χ1n) is 6.02. The molecule has 2 rings (SSSR count). The molecule has 1 saturated carbocycles. The fraction of sp³-hybridized carbons (Fsp3) is 0.500. The maximum absolute atomic E-state index is 11.4. The zero-order valence-electron chi connectivity index (χ0n) is 10.6. The Kier molecular flexibility index (Phi) is 2.86. The highest BCUT2D eigenvalue weighted by atomic mass is 16.4. The van der Waals surface area contributed by atoms with Crippen LogP contribution in [0.4, 0.5) is 5.69 Å². The van der Waals surface area contributed by atoms with Crippen LogP contribution in [0.25, 0.3) is 0 Å². The Hall–Kier alpha value is -1.51. The van der Waals surface area contributed by atoms with Crippen LogP contribution in [0.1, 0.15) is 30.9 Å². The second-order valence-electron chi connectivity index (χ2n) is 5.23. The standard InChI is InChI=1S/C14H19NO2/c1-9-4-5-10(2)12(8-9)15-14(3,13(16)17)11-6-7-11/h4-5,8,11,15H,6-7H2,1-3H3,(H,16,17). The van der Waals surface area contributed by atoms with E-state index in [0.29, 0.717) is 0 Å². The van der Waals surface area contributed by atoms with E-state index in [1.165, 1.54) is 0 Å². The molecule has 1 aliphatic rings. The maximum atomic E-state index is 11.4. The van der Waals surface area contributed by atoms with Gasteiger partial charge in [-0.05, 0) is 56.7 Å². The van der Waals surface area contributed by atoms with Crippen molar-refractivity contribution in [1.29, 1.82) is 0 Å². The van der Waals surface area contributed by atoms with Gasteiger partial charge in [0.15, 0.2) is 0 Å². The minimum Gasteiger partial charge on any atom is -0.480 e. The molecular formula is C14H19NO2. The first-order chi connectivity index (χ1) is 7.93. The number of aliphatic carboxylic acids is 1.